The molecule has 0 saturated heterocycles. The summed E-state index contributed by atoms with van der Waals surface area (Å²) in [5.74, 6) is 1.48. The molecule has 0 heterocycles. The van der Waals surface area contributed by atoms with Gasteiger partial charge >= 0.3 is 0 Å². The monoisotopic (exact) mass is 391 g/mol. The Kier molecular flexibility index (Phi) is 6.57. The number of rotatable bonds is 8. The second kappa shape index (κ2) is 9.12. The molecule has 0 fully saturated rings. The van der Waals surface area contributed by atoms with Crippen LogP contribution in [-0.2, 0) is 12.8 Å². The Bertz CT molecular complexity index is 905. The van der Waals surface area contributed by atoms with Crippen molar-refractivity contribution in [3.8, 4) is 11.5 Å². The number of hydrogen-bond donors (Lipinski definition) is 2. The Morgan fingerprint density at radius 1 is 0.793 bits per heavy atom. The molecule has 4 heteroatoms. The normalized spacial score (nSPS) is 12.4. The van der Waals surface area contributed by atoms with E-state index in [9.17, 15) is 5.11 Å². The minimum atomic E-state index is -1.24. The third-order valence-electron chi connectivity index (χ3n) is 5.48. The maximum Gasteiger partial charge on any atom is 0.122 e. The molecule has 0 aliphatic heterocycles. The van der Waals surface area contributed by atoms with Crippen molar-refractivity contribution in [2.24, 2.45) is 5.73 Å². The highest BCUT2D eigenvalue weighted by Gasteiger charge is 2.38. The highest BCUT2D eigenvalue weighted by Crippen LogP contribution is 2.36. The first-order chi connectivity index (χ1) is 14.0. The minimum absolute atomic E-state index is 0.352. The van der Waals surface area contributed by atoms with Crippen LogP contribution in [0.3, 0.4) is 0 Å². The Hall–Kier alpha value is -2.82. The van der Waals surface area contributed by atoms with E-state index >= 15 is 0 Å². The Balaban J connectivity index is 2.06. The molecule has 0 radical (unpaired) electrons. The van der Waals surface area contributed by atoms with Crippen LogP contribution in [0.25, 0.3) is 0 Å². The molecule has 29 heavy (non-hydrogen) atoms. The molecular formula is C25H29NO3. The molecule has 3 rings (SSSR count). The first-order valence-corrected chi connectivity index (χ1v) is 9.76. The molecule has 3 N–H and O–H groups in total. The third-order valence-corrected chi connectivity index (χ3v) is 5.48. The summed E-state index contributed by atoms with van der Waals surface area (Å²) in [7, 11) is 3.28. The maximum atomic E-state index is 12.0. The molecule has 3 aromatic carbocycles. The van der Waals surface area contributed by atoms with Gasteiger partial charge in [0, 0.05) is 12.8 Å². The molecule has 1 unspecified atom stereocenters. The van der Waals surface area contributed by atoms with Crippen molar-refractivity contribution in [2.75, 3.05) is 14.2 Å². The van der Waals surface area contributed by atoms with E-state index in [1.54, 1.807) is 14.2 Å². The fraction of sp³-hybridized carbons (Fsp3) is 0.280. The number of hydrogen-bond acceptors (Lipinski definition) is 4. The second-order valence-electron chi connectivity index (χ2n) is 7.42. The highest BCUT2D eigenvalue weighted by atomic mass is 16.5. The predicted molar refractivity (Wildman–Crippen MR) is 116 cm³/mol. The number of ether oxygens (including phenoxy) is 2. The summed E-state index contributed by atoms with van der Waals surface area (Å²) in [6.07, 6.45) is 0.703. The Morgan fingerprint density at radius 3 is 1.72 bits per heavy atom. The lowest BCUT2D eigenvalue weighted by atomic mass is 9.78. The standard InChI is InChI=1S/C25H29NO3/c1-18-10-4-7-13-21(18)24(26)25(27,16-19-11-5-8-14-22(19)28-2)17-20-12-6-9-15-23(20)29-3/h4-15,24,27H,16-17,26H2,1-3H3. The summed E-state index contributed by atoms with van der Waals surface area (Å²) >= 11 is 0. The first kappa shape index (κ1) is 20.9. The fourth-order valence-electron chi connectivity index (χ4n) is 3.87. The summed E-state index contributed by atoms with van der Waals surface area (Å²) < 4.78 is 11.0. The Labute approximate surface area is 172 Å². The molecular weight excluding hydrogens is 362 g/mol. The van der Waals surface area contributed by atoms with E-state index in [4.69, 9.17) is 15.2 Å². The van der Waals surface area contributed by atoms with E-state index in [0.717, 1.165) is 33.8 Å². The molecule has 152 valence electrons. The zero-order chi connectivity index (χ0) is 20.9. The third kappa shape index (κ3) is 4.61. The molecule has 0 amide bonds. The fourth-order valence-corrected chi connectivity index (χ4v) is 3.87. The van der Waals surface area contributed by atoms with Gasteiger partial charge in [0.05, 0.1) is 25.9 Å². The lowest BCUT2D eigenvalue weighted by Gasteiger charge is -2.36. The number of nitrogens with two attached hydrogens (primary N) is 1. The summed E-state index contributed by atoms with van der Waals surface area (Å²) in [4.78, 5) is 0. The SMILES string of the molecule is COc1ccccc1CC(O)(Cc1ccccc1OC)C(N)c1ccccc1C. The van der Waals surface area contributed by atoms with E-state index < -0.39 is 11.6 Å². The van der Waals surface area contributed by atoms with Gasteiger partial charge in [-0.3, -0.25) is 0 Å². The average molecular weight is 392 g/mol. The van der Waals surface area contributed by atoms with Crippen LogP contribution >= 0.6 is 0 Å². The number of aliphatic hydroxyl groups is 1. The van der Waals surface area contributed by atoms with Crippen molar-refractivity contribution >= 4 is 0 Å². The molecule has 0 bridgehead atoms. The second-order valence-corrected chi connectivity index (χ2v) is 7.42. The zero-order valence-electron chi connectivity index (χ0n) is 17.3. The first-order valence-electron chi connectivity index (χ1n) is 9.76. The van der Waals surface area contributed by atoms with Gasteiger partial charge in [0.1, 0.15) is 11.5 Å². The van der Waals surface area contributed by atoms with Gasteiger partial charge in [-0.1, -0.05) is 60.7 Å². The molecule has 0 saturated carbocycles. The average Bonchev–Trinajstić information content (AvgIpc) is 2.74. The quantitative estimate of drug-likeness (QED) is 0.603. The molecule has 1 atom stereocenters. The zero-order valence-corrected chi connectivity index (χ0v) is 17.3. The van der Waals surface area contributed by atoms with Gasteiger partial charge in [-0.2, -0.15) is 0 Å². The van der Waals surface area contributed by atoms with E-state index in [1.807, 2.05) is 79.7 Å². The van der Waals surface area contributed by atoms with Crippen LogP contribution in [0.1, 0.15) is 28.3 Å². The molecule has 3 aromatic rings. The van der Waals surface area contributed by atoms with Gasteiger partial charge in [-0.05, 0) is 41.3 Å². The van der Waals surface area contributed by atoms with Crippen molar-refractivity contribution in [2.45, 2.75) is 31.4 Å². The van der Waals surface area contributed by atoms with E-state index in [0.29, 0.717) is 12.8 Å². The van der Waals surface area contributed by atoms with Gasteiger partial charge in [0.15, 0.2) is 0 Å². The van der Waals surface area contributed by atoms with Gasteiger partial charge < -0.3 is 20.3 Å². The van der Waals surface area contributed by atoms with Crippen LogP contribution in [0.15, 0.2) is 72.8 Å². The van der Waals surface area contributed by atoms with Crippen LogP contribution in [0.4, 0.5) is 0 Å². The van der Waals surface area contributed by atoms with Crippen LogP contribution in [0.2, 0.25) is 0 Å². The highest BCUT2D eigenvalue weighted by molar-refractivity contribution is 5.40. The topological polar surface area (TPSA) is 64.7 Å². The van der Waals surface area contributed by atoms with E-state index in [1.165, 1.54) is 0 Å². The van der Waals surface area contributed by atoms with Gasteiger partial charge in [0.2, 0.25) is 0 Å². The van der Waals surface area contributed by atoms with Crippen molar-refractivity contribution in [3.05, 3.63) is 95.1 Å². The summed E-state index contributed by atoms with van der Waals surface area (Å²) in [6.45, 7) is 2.02. The summed E-state index contributed by atoms with van der Waals surface area (Å²) in [5.41, 5.74) is 9.29. The number of methoxy groups -OCH3 is 2. The molecule has 0 spiro atoms. The lowest BCUT2D eigenvalue weighted by Crippen LogP contribution is -2.45. The van der Waals surface area contributed by atoms with Crippen LogP contribution in [0, 0.1) is 6.92 Å². The number of para-hydroxylation sites is 2. The number of aryl methyl sites for hydroxylation is 1. The van der Waals surface area contributed by atoms with Crippen molar-refractivity contribution in [1.29, 1.82) is 0 Å². The maximum absolute atomic E-state index is 12.0. The van der Waals surface area contributed by atoms with E-state index in [-0.39, 0.29) is 0 Å². The van der Waals surface area contributed by atoms with Gasteiger partial charge in [0.25, 0.3) is 0 Å². The molecule has 0 aliphatic carbocycles. The smallest absolute Gasteiger partial charge is 0.122 e. The van der Waals surface area contributed by atoms with Crippen LogP contribution in [0.5, 0.6) is 11.5 Å². The number of benzene rings is 3. The van der Waals surface area contributed by atoms with E-state index in [2.05, 4.69) is 0 Å². The molecule has 0 aliphatic rings. The lowest BCUT2D eigenvalue weighted by molar-refractivity contribution is 0.0125. The summed E-state index contributed by atoms with van der Waals surface area (Å²) in [5, 5.41) is 12.0. The minimum Gasteiger partial charge on any atom is -0.496 e. The van der Waals surface area contributed by atoms with Crippen LogP contribution < -0.4 is 15.2 Å². The van der Waals surface area contributed by atoms with Crippen LogP contribution in [-0.4, -0.2) is 24.9 Å². The largest absolute Gasteiger partial charge is 0.496 e. The molecule has 4 nitrogen and oxygen atoms in total. The van der Waals surface area contributed by atoms with Gasteiger partial charge in [-0.15, -0.1) is 0 Å². The predicted octanol–water partition coefficient (Wildman–Crippen LogP) is 4.23. The Morgan fingerprint density at radius 2 is 1.24 bits per heavy atom. The summed E-state index contributed by atoms with van der Waals surface area (Å²) in [6, 6.07) is 22.8. The van der Waals surface area contributed by atoms with Crippen molar-refractivity contribution in [3.63, 3.8) is 0 Å². The van der Waals surface area contributed by atoms with Crippen molar-refractivity contribution < 1.29 is 14.6 Å². The molecule has 0 aromatic heterocycles. The van der Waals surface area contributed by atoms with Crippen molar-refractivity contribution in [1.82, 2.24) is 0 Å². The van der Waals surface area contributed by atoms with Gasteiger partial charge in [-0.25, -0.2) is 0 Å².